The van der Waals surface area contributed by atoms with Crippen LogP contribution in [-0.2, 0) is 13.2 Å². The molecular weight excluding hydrogens is 342 g/mol. The summed E-state index contributed by atoms with van der Waals surface area (Å²) >= 11 is 0. The molecular formula is C17H17N3O6. The lowest BCUT2D eigenvalue weighted by molar-refractivity contribution is 0.296. The van der Waals surface area contributed by atoms with Gasteiger partial charge in [-0.25, -0.2) is 4.68 Å². The van der Waals surface area contributed by atoms with Crippen molar-refractivity contribution in [3.05, 3.63) is 58.4 Å². The highest BCUT2D eigenvalue weighted by Gasteiger charge is 2.08. The van der Waals surface area contributed by atoms with Crippen LogP contribution < -0.4 is 19.6 Å². The van der Waals surface area contributed by atoms with Crippen molar-refractivity contribution >= 4 is 0 Å². The molecule has 0 fully saturated rings. The Morgan fingerprint density at radius 3 is 2.46 bits per heavy atom. The maximum absolute atomic E-state index is 11.4. The van der Waals surface area contributed by atoms with Gasteiger partial charge in [-0.1, -0.05) is 5.21 Å². The first-order valence-electron chi connectivity index (χ1n) is 7.63. The van der Waals surface area contributed by atoms with Crippen LogP contribution in [0.25, 0.3) is 0 Å². The summed E-state index contributed by atoms with van der Waals surface area (Å²) in [6.07, 6.45) is 2.67. The summed E-state index contributed by atoms with van der Waals surface area (Å²) in [4.78, 5) is 11.4. The summed E-state index contributed by atoms with van der Waals surface area (Å²) < 4.78 is 22.7. The first-order chi connectivity index (χ1) is 12.6. The molecule has 9 nitrogen and oxygen atoms in total. The fourth-order valence-corrected chi connectivity index (χ4v) is 2.19. The van der Waals surface area contributed by atoms with Crippen LogP contribution in [-0.4, -0.2) is 34.3 Å². The molecule has 0 atom stereocenters. The molecule has 0 saturated heterocycles. The van der Waals surface area contributed by atoms with Gasteiger partial charge in [-0.15, -0.1) is 5.10 Å². The van der Waals surface area contributed by atoms with Gasteiger partial charge in [-0.05, 0) is 0 Å². The molecule has 3 aromatic rings. The quantitative estimate of drug-likeness (QED) is 0.677. The van der Waals surface area contributed by atoms with E-state index in [1.54, 1.807) is 38.6 Å². The molecule has 0 radical (unpaired) electrons. The number of rotatable bonds is 7. The zero-order valence-corrected chi connectivity index (χ0v) is 14.2. The highest BCUT2D eigenvalue weighted by atomic mass is 16.5. The van der Waals surface area contributed by atoms with Crippen molar-refractivity contribution in [1.29, 1.82) is 0 Å². The number of hydrogen-bond acceptors (Lipinski definition) is 8. The molecule has 0 aliphatic carbocycles. The van der Waals surface area contributed by atoms with Crippen LogP contribution in [0.1, 0.15) is 11.5 Å². The van der Waals surface area contributed by atoms with E-state index in [-0.39, 0.29) is 13.2 Å². The smallest absolute Gasteiger partial charge is 0.226 e. The number of aromatic hydroxyl groups is 1. The summed E-state index contributed by atoms with van der Waals surface area (Å²) in [5.41, 5.74) is 0.0785. The lowest BCUT2D eigenvalue weighted by atomic mass is 10.3. The largest absolute Gasteiger partial charge is 0.502 e. The third-order valence-electron chi connectivity index (χ3n) is 3.48. The molecule has 0 aliphatic heterocycles. The first kappa shape index (κ1) is 17.3. The van der Waals surface area contributed by atoms with E-state index in [0.717, 1.165) is 6.26 Å². The minimum Gasteiger partial charge on any atom is -0.502 e. The molecule has 0 spiro atoms. The van der Waals surface area contributed by atoms with Crippen molar-refractivity contribution in [2.75, 3.05) is 14.2 Å². The van der Waals surface area contributed by atoms with Crippen LogP contribution in [0.4, 0.5) is 0 Å². The van der Waals surface area contributed by atoms with Gasteiger partial charge in [-0.3, -0.25) is 4.79 Å². The first-order valence-corrected chi connectivity index (χ1v) is 7.63. The average molecular weight is 359 g/mol. The van der Waals surface area contributed by atoms with Gasteiger partial charge in [-0.2, -0.15) is 0 Å². The lowest BCUT2D eigenvalue weighted by Gasteiger charge is -2.09. The molecule has 9 heteroatoms. The molecule has 0 bridgehead atoms. The Labute approximate surface area is 148 Å². The molecule has 0 amide bonds. The average Bonchev–Trinajstić information content (AvgIpc) is 3.10. The minimum atomic E-state index is -0.512. The zero-order valence-electron chi connectivity index (χ0n) is 14.2. The van der Waals surface area contributed by atoms with Crippen LogP contribution in [0, 0.1) is 0 Å². The molecule has 136 valence electrons. The van der Waals surface area contributed by atoms with Gasteiger partial charge in [0, 0.05) is 24.3 Å². The van der Waals surface area contributed by atoms with E-state index in [4.69, 9.17) is 18.6 Å². The van der Waals surface area contributed by atoms with E-state index in [9.17, 15) is 9.90 Å². The van der Waals surface area contributed by atoms with E-state index < -0.39 is 11.2 Å². The fourth-order valence-electron chi connectivity index (χ4n) is 2.19. The van der Waals surface area contributed by atoms with Crippen LogP contribution in [0.5, 0.6) is 23.0 Å². The summed E-state index contributed by atoms with van der Waals surface area (Å²) in [7, 11) is 3.12. The van der Waals surface area contributed by atoms with Crippen molar-refractivity contribution in [2.45, 2.75) is 13.2 Å². The second-order valence-electron chi connectivity index (χ2n) is 5.34. The van der Waals surface area contributed by atoms with Crippen molar-refractivity contribution in [2.24, 2.45) is 0 Å². The molecule has 0 aliphatic rings. The van der Waals surface area contributed by atoms with Gasteiger partial charge >= 0.3 is 0 Å². The molecule has 0 unspecified atom stereocenters. The highest BCUT2D eigenvalue weighted by Crippen LogP contribution is 2.27. The van der Waals surface area contributed by atoms with Gasteiger partial charge in [0.15, 0.2) is 5.75 Å². The van der Waals surface area contributed by atoms with Crippen LogP contribution >= 0.6 is 0 Å². The Morgan fingerprint density at radius 1 is 1.12 bits per heavy atom. The molecule has 2 heterocycles. The number of aromatic nitrogens is 3. The van der Waals surface area contributed by atoms with E-state index >= 15 is 0 Å². The Kier molecular flexibility index (Phi) is 5.07. The molecule has 1 N–H and O–H groups in total. The SMILES string of the molecule is COc1cc(OC)cc(OCc2cn(Cc3cc(=O)c(O)co3)nn2)c1. The van der Waals surface area contributed by atoms with Gasteiger partial charge in [0.25, 0.3) is 0 Å². The second kappa shape index (κ2) is 7.60. The Bertz CT molecular complexity index is 927. The van der Waals surface area contributed by atoms with E-state index in [1.807, 2.05) is 0 Å². The Balaban J connectivity index is 1.65. The van der Waals surface area contributed by atoms with Crippen LogP contribution in [0.2, 0.25) is 0 Å². The highest BCUT2D eigenvalue weighted by molar-refractivity contribution is 5.42. The monoisotopic (exact) mass is 359 g/mol. The molecule has 1 aromatic carbocycles. The third kappa shape index (κ3) is 4.12. The van der Waals surface area contributed by atoms with Gasteiger partial charge in [0.1, 0.15) is 48.1 Å². The molecule has 3 rings (SSSR count). The number of nitrogens with zero attached hydrogens (tertiary/aromatic N) is 3. The van der Waals surface area contributed by atoms with Gasteiger partial charge in [0.2, 0.25) is 5.43 Å². The maximum Gasteiger partial charge on any atom is 0.226 e. The van der Waals surface area contributed by atoms with Crippen molar-refractivity contribution in [3.8, 4) is 23.0 Å². The van der Waals surface area contributed by atoms with Gasteiger partial charge < -0.3 is 23.7 Å². The normalized spacial score (nSPS) is 10.5. The summed E-state index contributed by atoms with van der Waals surface area (Å²) in [5.74, 6) is 1.72. The van der Waals surface area contributed by atoms with E-state index in [1.165, 1.54) is 10.7 Å². The van der Waals surface area contributed by atoms with Crippen molar-refractivity contribution in [3.63, 3.8) is 0 Å². The molecule has 2 aromatic heterocycles. The topological polar surface area (TPSA) is 109 Å². The van der Waals surface area contributed by atoms with Crippen molar-refractivity contribution < 1.29 is 23.7 Å². The summed E-state index contributed by atoms with van der Waals surface area (Å²) in [5, 5.41) is 17.2. The predicted octanol–water partition coefficient (Wildman–Crippen LogP) is 1.58. The predicted molar refractivity (Wildman–Crippen MR) is 89.6 cm³/mol. The molecule has 0 saturated carbocycles. The third-order valence-corrected chi connectivity index (χ3v) is 3.48. The number of methoxy groups -OCH3 is 2. The number of ether oxygens (including phenoxy) is 3. The molecule has 26 heavy (non-hydrogen) atoms. The Morgan fingerprint density at radius 2 is 1.81 bits per heavy atom. The second-order valence-corrected chi connectivity index (χ2v) is 5.34. The summed E-state index contributed by atoms with van der Waals surface area (Å²) in [6, 6.07) is 6.42. The van der Waals surface area contributed by atoms with E-state index in [0.29, 0.717) is 28.7 Å². The van der Waals surface area contributed by atoms with Crippen LogP contribution in [0.3, 0.4) is 0 Å². The fraction of sp³-hybridized carbons (Fsp3) is 0.235. The zero-order chi connectivity index (χ0) is 18.5. The minimum absolute atomic E-state index is 0.190. The van der Waals surface area contributed by atoms with Gasteiger partial charge in [0.05, 0.1) is 20.4 Å². The lowest BCUT2D eigenvalue weighted by Crippen LogP contribution is -2.05. The van der Waals surface area contributed by atoms with Crippen molar-refractivity contribution in [1.82, 2.24) is 15.0 Å². The Hall–Kier alpha value is -3.49. The summed E-state index contributed by atoms with van der Waals surface area (Å²) in [6.45, 7) is 0.394. The number of hydrogen-bond donors (Lipinski definition) is 1. The standard InChI is InChI=1S/C17H17N3O6/c1-23-12-3-13(24-2)5-14(4-12)25-9-11-7-20(19-18-11)8-15-6-16(21)17(22)10-26-15/h3-7,10,22H,8-9H2,1-2H3. The van der Waals surface area contributed by atoms with Crippen LogP contribution in [0.15, 0.2) is 45.9 Å². The van der Waals surface area contributed by atoms with E-state index in [2.05, 4.69) is 10.3 Å². The number of benzene rings is 1. The maximum atomic E-state index is 11.4.